The fourth-order valence-electron chi connectivity index (χ4n) is 6.51. The van der Waals surface area contributed by atoms with E-state index in [-0.39, 0.29) is 31.0 Å². The van der Waals surface area contributed by atoms with Crippen molar-refractivity contribution in [2.24, 2.45) is 17.8 Å². The van der Waals surface area contributed by atoms with E-state index in [1.807, 2.05) is 12.2 Å². The van der Waals surface area contributed by atoms with Gasteiger partial charge < -0.3 is 39.5 Å². The summed E-state index contributed by atoms with van der Waals surface area (Å²) in [5.74, 6) is -1.38. The highest BCUT2D eigenvalue weighted by atomic mass is 31.2. The fraction of sp³-hybridized carbons (Fsp3) is 0.829. The zero-order valence-corrected chi connectivity index (χ0v) is 37.3. The molecule has 0 aromatic rings. The Bertz CT molecular complexity index is 1320. The lowest BCUT2D eigenvalue weighted by atomic mass is 9.90. The van der Waals surface area contributed by atoms with E-state index in [4.69, 9.17) is 23.8 Å². The highest BCUT2D eigenvalue weighted by molar-refractivity contribution is 7.47. The average Bonchev–Trinajstić information content (AvgIpc) is 3.43. The maximum absolute atomic E-state index is 12.7. The maximum atomic E-state index is 12.7. The van der Waals surface area contributed by atoms with Crippen molar-refractivity contribution < 1.29 is 76.6 Å². The summed E-state index contributed by atoms with van der Waals surface area (Å²) in [6.45, 7) is 3.60. The number of ketones is 1. The Kier molecular flexibility index (Phi) is 29.9. The molecule has 0 spiro atoms. The number of aliphatic hydroxyl groups excluding tert-OH is 3. The number of rotatable bonds is 36. The van der Waals surface area contributed by atoms with Crippen molar-refractivity contribution in [3.63, 3.8) is 0 Å². The molecule has 0 aliphatic heterocycles. The molecule has 1 unspecified atom stereocenters. The number of hydrogen-bond acceptors (Lipinski definition) is 13. The Balaban J connectivity index is 2.61. The molecule has 0 amide bonds. The van der Waals surface area contributed by atoms with Crippen molar-refractivity contribution in [2.75, 3.05) is 26.4 Å². The van der Waals surface area contributed by atoms with Crippen LogP contribution in [-0.4, -0.2) is 98.6 Å². The minimum atomic E-state index is -4.90. The third kappa shape index (κ3) is 30.0. The fourth-order valence-corrected chi connectivity index (χ4v) is 7.67. The Labute approximate surface area is 351 Å². The number of hydrogen-bond donors (Lipinski definition) is 6. The number of allylic oxidation sites excluding steroid dienone is 3. The van der Waals surface area contributed by atoms with Crippen LogP contribution in [0.1, 0.15) is 149 Å². The Morgan fingerprint density at radius 3 is 2.00 bits per heavy atom. The van der Waals surface area contributed by atoms with Gasteiger partial charge in [0.2, 0.25) is 0 Å². The van der Waals surface area contributed by atoms with Gasteiger partial charge in [0, 0.05) is 31.1 Å². The highest BCUT2D eigenvalue weighted by Gasteiger charge is 2.39. The highest BCUT2D eigenvalue weighted by Crippen LogP contribution is 2.44. The lowest BCUT2D eigenvalue weighted by molar-refractivity contribution is -0.161. The normalized spacial score (nSPS) is 20.0. The molecule has 1 fully saturated rings. The van der Waals surface area contributed by atoms with Crippen LogP contribution in [0.4, 0.5) is 0 Å². The molecule has 18 heteroatoms. The number of unbranched alkanes of at least 4 members (excludes halogenated alkanes) is 11. The van der Waals surface area contributed by atoms with Crippen molar-refractivity contribution >= 4 is 33.4 Å². The van der Waals surface area contributed by atoms with Crippen molar-refractivity contribution in [3.05, 3.63) is 24.3 Å². The molecule has 344 valence electrons. The van der Waals surface area contributed by atoms with Crippen LogP contribution in [0.3, 0.4) is 0 Å². The zero-order chi connectivity index (χ0) is 44.1. The molecular weight excluding hydrogens is 810 g/mol. The molecule has 0 radical (unpaired) electrons. The van der Waals surface area contributed by atoms with Gasteiger partial charge >= 0.3 is 27.6 Å². The van der Waals surface area contributed by atoms with Crippen LogP contribution in [0.2, 0.25) is 0 Å². The minimum absolute atomic E-state index is 0.0542. The summed E-state index contributed by atoms with van der Waals surface area (Å²) in [6.07, 6.45) is 18.5. The van der Waals surface area contributed by atoms with Crippen LogP contribution in [0.25, 0.3) is 0 Å². The number of phosphoric ester groups is 2. The van der Waals surface area contributed by atoms with Crippen molar-refractivity contribution in [2.45, 2.75) is 174 Å². The van der Waals surface area contributed by atoms with Gasteiger partial charge in [-0.3, -0.25) is 28.0 Å². The first-order valence-electron chi connectivity index (χ1n) is 21.5. The summed E-state index contributed by atoms with van der Waals surface area (Å²) >= 11 is 0. The van der Waals surface area contributed by atoms with Crippen LogP contribution in [-0.2, 0) is 46.6 Å². The monoisotopic (exact) mass is 884 g/mol. The number of esters is 2. The number of aliphatic hydroxyl groups is 3. The lowest BCUT2D eigenvalue weighted by Gasteiger charge is -2.20. The van der Waals surface area contributed by atoms with Crippen LogP contribution in [0.15, 0.2) is 24.3 Å². The van der Waals surface area contributed by atoms with E-state index in [0.717, 1.165) is 50.9 Å². The molecule has 1 saturated carbocycles. The van der Waals surface area contributed by atoms with Gasteiger partial charge in [-0.05, 0) is 38.0 Å². The van der Waals surface area contributed by atoms with E-state index in [1.165, 1.54) is 32.1 Å². The summed E-state index contributed by atoms with van der Waals surface area (Å²) in [6, 6.07) is 0. The number of carbonyl (C=O) groups is 3. The van der Waals surface area contributed by atoms with Crippen molar-refractivity contribution in [1.29, 1.82) is 0 Å². The van der Waals surface area contributed by atoms with E-state index in [9.17, 15) is 43.7 Å². The third-order valence-corrected chi connectivity index (χ3v) is 11.3. The zero-order valence-electron chi connectivity index (χ0n) is 35.5. The molecule has 7 atom stereocenters. The largest absolute Gasteiger partial charge is 0.472 e. The van der Waals surface area contributed by atoms with Gasteiger partial charge in [0.1, 0.15) is 18.5 Å². The second-order valence-electron chi connectivity index (χ2n) is 15.9. The molecule has 0 aromatic heterocycles. The molecule has 0 aromatic carbocycles. The van der Waals surface area contributed by atoms with E-state index >= 15 is 0 Å². The van der Waals surface area contributed by atoms with Gasteiger partial charge in [-0.15, -0.1) is 0 Å². The van der Waals surface area contributed by atoms with E-state index in [0.29, 0.717) is 32.1 Å². The predicted molar refractivity (Wildman–Crippen MR) is 222 cm³/mol. The minimum Gasteiger partial charge on any atom is -0.462 e. The van der Waals surface area contributed by atoms with Crippen molar-refractivity contribution in [1.82, 2.24) is 0 Å². The molecule has 0 heterocycles. The van der Waals surface area contributed by atoms with Crippen LogP contribution < -0.4 is 0 Å². The first-order valence-corrected chi connectivity index (χ1v) is 24.5. The average molecular weight is 885 g/mol. The topological polar surface area (TPSA) is 253 Å². The molecule has 59 heavy (non-hydrogen) atoms. The van der Waals surface area contributed by atoms with Crippen LogP contribution in [0.5, 0.6) is 0 Å². The van der Waals surface area contributed by atoms with Gasteiger partial charge in [0.15, 0.2) is 6.10 Å². The van der Waals surface area contributed by atoms with Crippen molar-refractivity contribution in [3.8, 4) is 0 Å². The number of carbonyl (C=O) groups excluding carboxylic acids is 3. The maximum Gasteiger partial charge on any atom is 0.472 e. The lowest BCUT2D eigenvalue weighted by Crippen LogP contribution is -2.29. The molecule has 0 saturated heterocycles. The summed E-state index contributed by atoms with van der Waals surface area (Å²) in [5, 5.41) is 30.5. The van der Waals surface area contributed by atoms with E-state index in [2.05, 4.69) is 29.8 Å². The number of phosphoric acid groups is 2. The van der Waals surface area contributed by atoms with Crippen LogP contribution in [0, 0.1) is 17.8 Å². The van der Waals surface area contributed by atoms with Crippen LogP contribution >= 0.6 is 15.6 Å². The first-order chi connectivity index (χ1) is 27.9. The van der Waals surface area contributed by atoms with Gasteiger partial charge in [-0.2, -0.15) is 0 Å². The second kappa shape index (κ2) is 32.0. The molecule has 6 N–H and O–H groups in total. The first kappa shape index (κ1) is 55.2. The van der Waals surface area contributed by atoms with Gasteiger partial charge in [-0.1, -0.05) is 122 Å². The van der Waals surface area contributed by atoms with Gasteiger partial charge in [0.05, 0.1) is 32.0 Å². The molecule has 1 rings (SSSR count). The summed E-state index contributed by atoms with van der Waals surface area (Å²) in [7, 11) is -9.77. The van der Waals surface area contributed by atoms with Gasteiger partial charge in [-0.25, -0.2) is 9.13 Å². The molecule has 1 aliphatic rings. The summed E-state index contributed by atoms with van der Waals surface area (Å²) in [4.78, 5) is 65.3. The Morgan fingerprint density at radius 1 is 0.763 bits per heavy atom. The smallest absolute Gasteiger partial charge is 0.462 e. The second-order valence-corrected chi connectivity index (χ2v) is 18.6. The summed E-state index contributed by atoms with van der Waals surface area (Å²) < 4.78 is 47.7. The molecule has 1 aliphatic carbocycles. The third-order valence-electron chi connectivity index (χ3n) is 9.89. The predicted octanol–water partition coefficient (Wildman–Crippen LogP) is 7.17. The Hall–Kier alpha value is -1.81. The van der Waals surface area contributed by atoms with Gasteiger partial charge in [0.25, 0.3) is 0 Å². The quantitative estimate of drug-likeness (QED) is 0.0158. The number of ether oxygens (including phenoxy) is 2. The SMILES string of the molecule is CCCCC[C@H](O)/C=C/[C@H]1C(=O)C[C@H](O)[C@@H]1C/C=C\CCCC(=O)O[C@H](COC(=O)CCCCCCCCCCCC(C)C)COP(=O)(O)OC[C@@H](O)COP(=O)(O)O. The number of Topliss-reactive ketones (excluding diaryl/α,β-unsaturated/α-hetero) is 1. The molecule has 16 nitrogen and oxygen atoms in total. The summed E-state index contributed by atoms with van der Waals surface area (Å²) in [5.41, 5.74) is 0. The standard InChI is InChI=1S/C41H74O16P2/c1-4-5-15-21-33(42)25-26-37-36(38(44)27-39(37)45)22-17-13-14-19-24-41(47)57-35(31-56-59(51,52)55-29-34(43)28-54-58(48,49)50)30-53-40(46)23-18-12-10-8-6-7-9-11-16-20-32(2)3/h13,17,25-26,32-38,42-44H,4-12,14-16,18-24,27-31H2,1-3H3,(H,51,52)(H2,48,49,50)/b17-13-,26-25+/t33-,34-,35+,36+,37+,38-/m0/s1. The molecular formula is C41H74O16P2. The van der Waals surface area contributed by atoms with E-state index in [1.54, 1.807) is 12.2 Å². The Morgan fingerprint density at radius 2 is 1.36 bits per heavy atom. The van der Waals surface area contributed by atoms with E-state index < -0.39 is 84.3 Å². The molecule has 0 bridgehead atoms.